The fourth-order valence-corrected chi connectivity index (χ4v) is 1.61. The van der Waals surface area contributed by atoms with Gasteiger partial charge in [-0.3, -0.25) is 4.79 Å². The van der Waals surface area contributed by atoms with Crippen molar-refractivity contribution in [1.82, 2.24) is 0 Å². The van der Waals surface area contributed by atoms with E-state index in [4.69, 9.17) is 5.73 Å². The lowest BCUT2D eigenvalue weighted by Crippen LogP contribution is -2.29. The molecular formula is C13H16F2N2O3. The van der Waals surface area contributed by atoms with Crippen LogP contribution in [0.5, 0.6) is 0 Å². The van der Waals surface area contributed by atoms with E-state index >= 15 is 0 Å². The molecule has 0 saturated carbocycles. The number of carbonyl (C=O) groups excluding carboxylic acids is 2. The van der Waals surface area contributed by atoms with Crippen molar-refractivity contribution in [2.45, 2.75) is 13.3 Å². The van der Waals surface area contributed by atoms with E-state index in [-0.39, 0.29) is 12.2 Å². The first-order valence-corrected chi connectivity index (χ1v) is 6.02. The van der Waals surface area contributed by atoms with Gasteiger partial charge in [0.25, 0.3) is 0 Å². The zero-order valence-electron chi connectivity index (χ0n) is 11.2. The molecule has 20 heavy (non-hydrogen) atoms. The van der Waals surface area contributed by atoms with Crippen LogP contribution in [-0.4, -0.2) is 25.5 Å². The van der Waals surface area contributed by atoms with Crippen molar-refractivity contribution < 1.29 is 23.1 Å². The maximum Gasteiger partial charge on any atom is 0.340 e. The van der Waals surface area contributed by atoms with Crippen LogP contribution in [0.2, 0.25) is 0 Å². The predicted molar refractivity (Wildman–Crippen MR) is 69.2 cm³/mol. The second-order valence-electron chi connectivity index (χ2n) is 4.13. The van der Waals surface area contributed by atoms with Crippen LogP contribution in [0.3, 0.4) is 0 Å². The van der Waals surface area contributed by atoms with Crippen molar-refractivity contribution in [1.29, 1.82) is 0 Å². The lowest BCUT2D eigenvalue weighted by molar-refractivity contribution is -0.119. The van der Waals surface area contributed by atoms with Gasteiger partial charge in [-0.1, -0.05) is 6.92 Å². The smallest absolute Gasteiger partial charge is 0.340 e. The summed E-state index contributed by atoms with van der Waals surface area (Å²) >= 11 is 0. The summed E-state index contributed by atoms with van der Waals surface area (Å²) in [5, 5.41) is 2.29. The molecule has 5 nitrogen and oxygen atoms in total. The van der Waals surface area contributed by atoms with E-state index in [0.717, 1.165) is 13.2 Å². The molecule has 0 bridgehead atoms. The SMILES string of the molecule is CCC(CN)C(=O)Nc1cc(C(=O)OC)c(F)cc1F. The highest BCUT2D eigenvalue weighted by molar-refractivity contribution is 5.95. The van der Waals surface area contributed by atoms with Crippen LogP contribution in [0.4, 0.5) is 14.5 Å². The van der Waals surface area contributed by atoms with Gasteiger partial charge in [-0.2, -0.15) is 0 Å². The van der Waals surface area contributed by atoms with Gasteiger partial charge >= 0.3 is 5.97 Å². The first kappa shape index (κ1) is 16.0. The number of hydrogen-bond donors (Lipinski definition) is 2. The topological polar surface area (TPSA) is 81.4 Å². The molecule has 0 aliphatic heterocycles. The van der Waals surface area contributed by atoms with Crippen LogP contribution in [0.15, 0.2) is 12.1 Å². The summed E-state index contributed by atoms with van der Waals surface area (Å²) in [6.07, 6.45) is 0.481. The molecular weight excluding hydrogens is 270 g/mol. The van der Waals surface area contributed by atoms with Gasteiger partial charge in [0.05, 0.1) is 24.3 Å². The number of anilines is 1. The maximum absolute atomic E-state index is 13.6. The molecule has 0 fully saturated rings. The van der Waals surface area contributed by atoms with Crippen LogP contribution in [0.25, 0.3) is 0 Å². The number of benzene rings is 1. The highest BCUT2D eigenvalue weighted by Crippen LogP contribution is 2.21. The van der Waals surface area contributed by atoms with Crippen molar-refractivity contribution >= 4 is 17.6 Å². The number of amides is 1. The van der Waals surface area contributed by atoms with E-state index in [2.05, 4.69) is 10.1 Å². The molecule has 0 aliphatic carbocycles. The first-order chi connectivity index (χ1) is 9.44. The van der Waals surface area contributed by atoms with Crippen LogP contribution >= 0.6 is 0 Å². The van der Waals surface area contributed by atoms with Gasteiger partial charge in [0.15, 0.2) is 0 Å². The monoisotopic (exact) mass is 286 g/mol. The van der Waals surface area contributed by atoms with Gasteiger partial charge in [0.1, 0.15) is 11.6 Å². The van der Waals surface area contributed by atoms with Crippen molar-refractivity contribution in [3.63, 3.8) is 0 Å². The third kappa shape index (κ3) is 3.51. The summed E-state index contributed by atoms with van der Waals surface area (Å²) in [6, 6.07) is 1.42. The first-order valence-electron chi connectivity index (χ1n) is 6.02. The minimum atomic E-state index is -1.06. The Hall–Kier alpha value is -2.02. The molecule has 3 N–H and O–H groups in total. The minimum absolute atomic E-state index is 0.106. The van der Waals surface area contributed by atoms with Gasteiger partial charge in [-0.05, 0) is 12.5 Å². The molecule has 0 saturated heterocycles. The van der Waals surface area contributed by atoms with Gasteiger partial charge in [0.2, 0.25) is 5.91 Å². The van der Waals surface area contributed by atoms with Crippen LogP contribution < -0.4 is 11.1 Å². The quantitative estimate of drug-likeness (QED) is 0.807. The Balaban J connectivity index is 3.06. The summed E-state index contributed by atoms with van der Waals surface area (Å²) in [5.41, 5.74) is 4.67. The second-order valence-corrected chi connectivity index (χ2v) is 4.13. The third-order valence-electron chi connectivity index (χ3n) is 2.87. The molecule has 1 atom stereocenters. The largest absolute Gasteiger partial charge is 0.465 e. The maximum atomic E-state index is 13.6. The fourth-order valence-electron chi connectivity index (χ4n) is 1.61. The van der Waals surface area contributed by atoms with Gasteiger partial charge in [0, 0.05) is 12.6 Å². The Labute approximate surface area is 115 Å². The summed E-state index contributed by atoms with van der Waals surface area (Å²) in [7, 11) is 1.07. The number of halogens is 2. The van der Waals surface area contributed by atoms with Crippen molar-refractivity contribution in [2.24, 2.45) is 11.7 Å². The fraction of sp³-hybridized carbons (Fsp3) is 0.385. The van der Waals surface area contributed by atoms with Gasteiger partial charge in [-0.15, -0.1) is 0 Å². The van der Waals surface area contributed by atoms with Crippen molar-refractivity contribution in [3.05, 3.63) is 29.3 Å². The number of rotatable bonds is 5. The third-order valence-corrected chi connectivity index (χ3v) is 2.87. The second kappa shape index (κ2) is 6.95. The zero-order valence-corrected chi connectivity index (χ0v) is 11.2. The van der Waals surface area contributed by atoms with E-state index in [0.29, 0.717) is 12.5 Å². The summed E-state index contributed by atoms with van der Waals surface area (Å²) < 4.78 is 31.4. The Bertz CT molecular complexity index is 517. The number of hydrogen-bond acceptors (Lipinski definition) is 4. The molecule has 0 spiro atoms. The molecule has 1 unspecified atom stereocenters. The predicted octanol–water partition coefficient (Wildman–Crippen LogP) is 1.67. The molecule has 1 amide bonds. The summed E-state index contributed by atoms with van der Waals surface area (Å²) in [6.45, 7) is 1.87. The molecule has 0 heterocycles. The highest BCUT2D eigenvalue weighted by Gasteiger charge is 2.20. The summed E-state index contributed by atoms with van der Waals surface area (Å²) in [5.74, 6) is -3.96. The number of esters is 1. The molecule has 110 valence electrons. The van der Waals surface area contributed by atoms with Crippen molar-refractivity contribution in [2.75, 3.05) is 19.0 Å². The molecule has 0 aromatic heterocycles. The molecule has 1 aromatic carbocycles. The minimum Gasteiger partial charge on any atom is -0.465 e. The van der Waals surface area contributed by atoms with Crippen molar-refractivity contribution in [3.8, 4) is 0 Å². The average molecular weight is 286 g/mol. The average Bonchev–Trinajstić information content (AvgIpc) is 2.42. The molecule has 1 rings (SSSR count). The number of carbonyl (C=O) groups is 2. The molecule has 0 radical (unpaired) electrons. The number of nitrogens with two attached hydrogens (primary N) is 1. The number of ether oxygens (including phenoxy) is 1. The van der Waals surface area contributed by atoms with Gasteiger partial charge < -0.3 is 15.8 Å². The number of nitrogens with one attached hydrogen (secondary N) is 1. The Morgan fingerprint density at radius 3 is 2.50 bits per heavy atom. The van der Waals surface area contributed by atoms with E-state index in [1.54, 1.807) is 6.92 Å². The van der Waals surface area contributed by atoms with Crippen LogP contribution in [0.1, 0.15) is 23.7 Å². The molecule has 0 aliphatic rings. The highest BCUT2D eigenvalue weighted by atomic mass is 19.1. The van der Waals surface area contributed by atoms with E-state index < -0.39 is 35.0 Å². The Morgan fingerprint density at radius 2 is 2.00 bits per heavy atom. The zero-order chi connectivity index (χ0) is 15.3. The molecule has 1 aromatic rings. The molecule has 7 heteroatoms. The summed E-state index contributed by atoms with van der Waals surface area (Å²) in [4.78, 5) is 23.1. The van der Waals surface area contributed by atoms with E-state index in [1.165, 1.54) is 0 Å². The lowest BCUT2D eigenvalue weighted by atomic mass is 10.1. The van der Waals surface area contributed by atoms with E-state index in [1.807, 2.05) is 0 Å². The van der Waals surface area contributed by atoms with Crippen LogP contribution in [-0.2, 0) is 9.53 Å². The Morgan fingerprint density at radius 1 is 1.35 bits per heavy atom. The Kier molecular flexibility index (Phi) is 5.57. The lowest BCUT2D eigenvalue weighted by Gasteiger charge is -2.14. The van der Waals surface area contributed by atoms with Gasteiger partial charge in [-0.25, -0.2) is 13.6 Å². The van der Waals surface area contributed by atoms with Crippen LogP contribution in [0, 0.1) is 17.6 Å². The normalized spacial score (nSPS) is 11.8. The standard InChI is InChI=1S/C13H16F2N2O3/c1-3-7(6-16)12(18)17-11-4-8(13(19)20-2)9(14)5-10(11)15/h4-5,7H,3,6,16H2,1-2H3,(H,17,18). The van der Waals surface area contributed by atoms with E-state index in [9.17, 15) is 18.4 Å². The number of methoxy groups -OCH3 is 1.